The van der Waals surface area contributed by atoms with E-state index < -0.39 is 11.8 Å². The molecule has 0 amide bonds. The number of carboxylic acids is 1. The summed E-state index contributed by atoms with van der Waals surface area (Å²) in [6.07, 6.45) is 2.79. The molecule has 0 aliphatic carbocycles. The number of aromatic carboxylic acids is 1. The van der Waals surface area contributed by atoms with Crippen LogP contribution in [0.15, 0.2) is 24.9 Å². The number of rotatable bonds is 7. The number of thioether (sulfide) groups is 1. The van der Waals surface area contributed by atoms with Gasteiger partial charge in [-0.05, 0) is 6.07 Å². The second kappa shape index (κ2) is 6.90. The summed E-state index contributed by atoms with van der Waals surface area (Å²) in [5.74, 6) is -0.0283. The van der Waals surface area contributed by atoms with Crippen LogP contribution >= 0.6 is 11.8 Å². The van der Waals surface area contributed by atoms with Crippen molar-refractivity contribution in [3.05, 3.63) is 36.3 Å². The first-order valence-corrected chi connectivity index (χ1v) is 6.12. The molecule has 0 aliphatic heterocycles. The average molecular weight is 256 g/mol. The molecule has 1 rings (SSSR count). The van der Waals surface area contributed by atoms with Crippen molar-refractivity contribution >= 4 is 23.5 Å². The zero-order chi connectivity index (χ0) is 12.7. The Bertz CT molecular complexity index is 412. The summed E-state index contributed by atoms with van der Waals surface area (Å²) in [6.45, 7) is 4.16. The van der Waals surface area contributed by atoms with E-state index in [1.165, 1.54) is 0 Å². The highest BCUT2D eigenvalue weighted by atomic mass is 32.2. The lowest BCUT2D eigenvalue weighted by Gasteiger charge is -2.07. The van der Waals surface area contributed by atoms with E-state index in [0.29, 0.717) is 6.54 Å². The SMILES string of the molecule is C=CCSCCNc1ncc(F)cc1C(=O)O. The van der Waals surface area contributed by atoms with Gasteiger partial charge in [0, 0.05) is 18.1 Å². The summed E-state index contributed by atoms with van der Waals surface area (Å²) in [4.78, 5) is 14.6. The van der Waals surface area contributed by atoms with E-state index in [1.54, 1.807) is 17.8 Å². The van der Waals surface area contributed by atoms with Crippen molar-refractivity contribution < 1.29 is 14.3 Å². The molecule has 2 N–H and O–H groups in total. The summed E-state index contributed by atoms with van der Waals surface area (Å²) in [6, 6.07) is 0.953. The average Bonchev–Trinajstić information content (AvgIpc) is 2.30. The lowest BCUT2D eigenvalue weighted by molar-refractivity contribution is 0.0697. The molecule has 17 heavy (non-hydrogen) atoms. The molecular weight excluding hydrogens is 243 g/mol. The van der Waals surface area contributed by atoms with Crippen molar-refractivity contribution in [2.24, 2.45) is 0 Å². The minimum absolute atomic E-state index is 0.154. The van der Waals surface area contributed by atoms with Crippen LogP contribution in [0.4, 0.5) is 10.2 Å². The molecule has 0 bridgehead atoms. The Morgan fingerprint density at radius 2 is 2.47 bits per heavy atom. The molecule has 0 radical (unpaired) electrons. The van der Waals surface area contributed by atoms with Gasteiger partial charge in [0.05, 0.1) is 6.20 Å². The minimum Gasteiger partial charge on any atom is -0.478 e. The Hall–Kier alpha value is -1.56. The fourth-order valence-corrected chi connectivity index (χ4v) is 1.73. The standard InChI is InChI=1S/C11H13FN2O2S/c1-2-4-17-5-3-13-10-9(11(15)16)6-8(12)7-14-10/h2,6-7H,1,3-5H2,(H,13,14)(H,15,16). The number of hydrogen-bond acceptors (Lipinski definition) is 4. The normalized spacial score (nSPS) is 9.94. The van der Waals surface area contributed by atoms with Gasteiger partial charge in [0.25, 0.3) is 0 Å². The number of aromatic nitrogens is 1. The maximum atomic E-state index is 12.8. The zero-order valence-electron chi connectivity index (χ0n) is 9.15. The number of nitrogens with zero attached hydrogens (tertiary/aromatic N) is 1. The van der Waals surface area contributed by atoms with Crippen LogP contribution in [0.25, 0.3) is 0 Å². The molecular formula is C11H13FN2O2S. The van der Waals surface area contributed by atoms with E-state index in [-0.39, 0.29) is 11.4 Å². The van der Waals surface area contributed by atoms with Crippen LogP contribution in [0.1, 0.15) is 10.4 Å². The molecule has 0 unspecified atom stereocenters. The van der Waals surface area contributed by atoms with E-state index >= 15 is 0 Å². The number of hydrogen-bond donors (Lipinski definition) is 2. The number of anilines is 1. The Morgan fingerprint density at radius 3 is 3.12 bits per heavy atom. The first kappa shape index (κ1) is 13.5. The molecule has 6 heteroatoms. The number of pyridine rings is 1. The Labute approximate surface area is 103 Å². The fourth-order valence-electron chi connectivity index (χ4n) is 1.15. The van der Waals surface area contributed by atoms with Crippen LogP contribution in [0.3, 0.4) is 0 Å². The predicted octanol–water partition coefficient (Wildman–Crippen LogP) is 2.25. The molecule has 1 heterocycles. The van der Waals surface area contributed by atoms with Gasteiger partial charge in [0.15, 0.2) is 0 Å². The largest absolute Gasteiger partial charge is 0.478 e. The molecule has 4 nitrogen and oxygen atoms in total. The third kappa shape index (κ3) is 4.44. The first-order valence-electron chi connectivity index (χ1n) is 4.96. The molecule has 0 atom stereocenters. The summed E-state index contributed by atoms with van der Waals surface area (Å²) in [7, 11) is 0. The Morgan fingerprint density at radius 1 is 1.71 bits per heavy atom. The van der Waals surface area contributed by atoms with E-state index in [4.69, 9.17) is 5.11 Å². The van der Waals surface area contributed by atoms with Gasteiger partial charge >= 0.3 is 5.97 Å². The van der Waals surface area contributed by atoms with Gasteiger partial charge in [-0.25, -0.2) is 14.2 Å². The highest BCUT2D eigenvalue weighted by molar-refractivity contribution is 7.99. The van der Waals surface area contributed by atoms with Gasteiger partial charge < -0.3 is 10.4 Å². The van der Waals surface area contributed by atoms with Crippen molar-refractivity contribution in [1.29, 1.82) is 0 Å². The first-order chi connectivity index (χ1) is 8.15. The van der Waals surface area contributed by atoms with Crippen molar-refractivity contribution in [3.8, 4) is 0 Å². The minimum atomic E-state index is -1.20. The van der Waals surface area contributed by atoms with E-state index in [2.05, 4.69) is 16.9 Å². The molecule has 0 aromatic carbocycles. The third-order valence-electron chi connectivity index (χ3n) is 1.86. The van der Waals surface area contributed by atoms with Crippen LogP contribution in [-0.4, -0.2) is 34.1 Å². The fraction of sp³-hybridized carbons (Fsp3) is 0.273. The van der Waals surface area contributed by atoms with Gasteiger partial charge in [0.1, 0.15) is 17.2 Å². The van der Waals surface area contributed by atoms with E-state index in [0.717, 1.165) is 23.8 Å². The van der Waals surface area contributed by atoms with Gasteiger partial charge in [-0.2, -0.15) is 11.8 Å². The number of carboxylic acid groups (broad SMARTS) is 1. The highest BCUT2D eigenvalue weighted by Crippen LogP contribution is 2.13. The summed E-state index contributed by atoms with van der Waals surface area (Å²) in [5, 5.41) is 11.7. The second-order valence-corrected chi connectivity index (χ2v) is 4.30. The van der Waals surface area contributed by atoms with Crippen LogP contribution in [-0.2, 0) is 0 Å². The molecule has 0 saturated carbocycles. The lowest BCUT2D eigenvalue weighted by Crippen LogP contribution is -2.11. The van der Waals surface area contributed by atoms with Gasteiger partial charge in [0.2, 0.25) is 0 Å². The topological polar surface area (TPSA) is 62.2 Å². The number of halogens is 1. The Kier molecular flexibility index (Phi) is 5.48. The van der Waals surface area contributed by atoms with Gasteiger partial charge in [-0.15, -0.1) is 6.58 Å². The van der Waals surface area contributed by atoms with E-state index in [1.807, 2.05) is 0 Å². The lowest BCUT2D eigenvalue weighted by atomic mass is 10.2. The van der Waals surface area contributed by atoms with Gasteiger partial charge in [-0.1, -0.05) is 6.08 Å². The Balaban J connectivity index is 2.58. The number of carbonyl (C=O) groups is 1. The molecule has 0 spiro atoms. The maximum Gasteiger partial charge on any atom is 0.339 e. The summed E-state index contributed by atoms with van der Waals surface area (Å²) >= 11 is 1.66. The molecule has 0 fully saturated rings. The molecule has 0 saturated heterocycles. The van der Waals surface area contributed by atoms with Crippen molar-refractivity contribution in [2.75, 3.05) is 23.4 Å². The molecule has 1 aromatic rings. The quantitative estimate of drug-likeness (QED) is 0.578. The van der Waals surface area contributed by atoms with Gasteiger partial charge in [-0.3, -0.25) is 0 Å². The summed E-state index contributed by atoms with van der Waals surface area (Å²) in [5.41, 5.74) is -0.154. The molecule has 1 aromatic heterocycles. The molecule has 92 valence electrons. The predicted molar refractivity (Wildman–Crippen MR) is 67.2 cm³/mol. The summed E-state index contributed by atoms with van der Waals surface area (Å²) < 4.78 is 12.8. The smallest absolute Gasteiger partial charge is 0.339 e. The van der Waals surface area contributed by atoms with E-state index in [9.17, 15) is 9.18 Å². The highest BCUT2D eigenvalue weighted by Gasteiger charge is 2.12. The van der Waals surface area contributed by atoms with Crippen molar-refractivity contribution in [1.82, 2.24) is 4.98 Å². The van der Waals surface area contributed by atoms with Crippen LogP contribution < -0.4 is 5.32 Å². The van der Waals surface area contributed by atoms with Crippen molar-refractivity contribution in [3.63, 3.8) is 0 Å². The van der Waals surface area contributed by atoms with Crippen LogP contribution in [0, 0.1) is 5.82 Å². The second-order valence-electron chi connectivity index (χ2n) is 3.15. The monoisotopic (exact) mass is 256 g/mol. The molecule has 0 aliphatic rings. The zero-order valence-corrected chi connectivity index (χ0v) is 9.97. The maximum absolute atomic E-state index is 12.8. The van der Waals surface area contributed by atoms with Crippen molar-refractivity contribution in [2.45, 2.75) is 0 Å². The third-order valence-corrected chi connectivity index (χ3v) is 2.82. The van der Waals surface area contributed by atoms with Crippen LogP contribution in [0.2, 0.25) is 0 Å². The number of nitrogens with one attached hydrogen (secondary N) is 1. The van der Waals surface area contributed by atoms with Crippen LogP contribution in [0.5, 0.6) is 0 Å².